The third kappa shape index (κ3) is 2.76. The number of anilines is 1. The Morgan fingerprint density at radius 2 is 1.92 bits per heavy atom. The predicted molar refractivity (Wildman–Crippen MR) is 93.5 cm³/mol. The first-order chi connectivity index (χ1) is 11.3. The minimum absolute atomic E-state index is 0.0744. The number of methoxy groups -OCH3 is 1. The number of benzene rings is 2. The second kappa shape index (κ2) is 6.10. The molecule has 0 fully saturated rings. The van der Waals surface area contributed by atoms with Gasteiger partial charge in [0.05, 0.1) is 17.7 Å². The maximum Gasteiger partial charge on any atom is 0.265 e. The van der Waals surface area contributed by atoms with E-state index < -0.39 is 22.0 Å². The zero-order chi connectivity index (χ0) is 17.5. The number of primary amides is 1. The van der Waals surface area contributed by atoms with Crippen molar-refractivity contribution >= 4 is 37.5 Å². The molecule has 1 aliphatic rings. The molecule has 0 saturated carbocycles. The van der Waals surface area contributed by atoms with Crippen LogP contribution in [0.4, 0.5) is 5.69 Å². The molecule has 6 nitrogen and oxygen atoms in total. The fraction of sp³-hybridized carbons (Fsp3) is 0.188. The Labute approximate surface area is 148 Å². The van der Waals surface area contributed by atoms with Crippen molar-refractivity contribution in [2.24, 2.45) is 5.73 Å². The minimum Gasteiger partial charge on any atom is -0.497 e. The van der Waals surface area contributed by atoms with Gasteiger partial charge in [-0.25, -0.2) is 8.42 Å². The van der Waals surface area contributed by atoms with Crippen molar-refractivity contribution in [2.45, 2.75) is 17.4 Å². The summed E-state index contributed by atoms with van der Waals surface area (Å²) in [4.78, 5) is 11.9. The molecule has 1 heterocycles. The molecule has 0 radical (unpaired) electrons. The average Bonchev–Trinajstić information content (AvgIpc) is 2.94. The third-order valence-electron chi connectivity index (χ3n) is 3.92. The Bertz CT molecular complexity index is 897. The van der Waals surface area contributed by atoms with Gasteiger partial charge in [-0.2, -0.15) is 0 Å². The smallest absolute Gasteiger partial charge is 0.265 e. The largest absolute Gasteiger partial charge is 0.497 e. The van der Waals surface area contributed by atoms with Gasteiger partial charge in [-0.1, -0.05) is 15.9 Å². The fourth-order valence-corrected chi connectivity index (χ4v) is 4.83. The molecule has 8 heteroatoms. The number of hydrogen-bond donors (Lipinski definition) is 1. The van der Waals surface area contributed by atoms with Gasteiger partial charge in [-0.15, -0.1) is 0 Å². The first-order valence-corrected chi connectivity index (χ1v) is 9.34. The van der Waals surface area contributed by atoms with E-state index in [4.69, 9.17) is 10.5 Å². The van der Waals surface area contributed by atoms with Crippen LogP contribution in [-0.4, -0.2) is 27.5 Å². The molecule has 0 aromatic heterocycles. The lowest BCUT2D eigenvalue weighted by molar-refractivity contribution is -0.118. The maximum atomic E-state index is 13.1. The van der Waals surface area contributed by atoms with Crippen LogP contribution < -0.4 is 14.8 Å². The van der Waals surface area contributed by atoms with Crippen molar-refractivity contribution in [3.05, 3.63) is 52.5 Å². The summed E-state index contributed by atoms with van der Waals surface area (Å²) in [7, 11) is -2.42. The molecule has 0 saturated heterocycles. The Kier molecular flexibility index (Phi) is 4.27. The van der Waals surface area contributed by atoms with Crippen molar-refractivity contribution in [1.29, 1.82) is 0 Å². The van der Waals surface area contributed by atoms with E-state index in [1.54, 1.807) is 30.3 Å². The van der Waals surface area contributed by atoms with Crippen LogP contribution in [-0.2, 0) is 21.2 Å². The quantitative estimate of drug-likeness (QED) is 0.834. The van der Waals surface area contributed by atoms with Gasteiger partial charge in [0.2, 0.25) is 5.91 Å². The minimum atomic E-state index is -3.92. The number of amides is 1. The van der Waals surface area contributed by atoms with E-state index in [-0.39, 0.29) is 11.3 Å². The Morgan fingerprint density at radius 1 is 1.25 bits per heavy atom. The summed E-state index contributed by atoms with van der Waals surface area (Å²) in [5, 5.41) is 0. The van der Waals surface area contributed by atoms with Crippen LogP contribution in [0.1, 0.15) is 5.56 Å². The van der Waals surface area contributed by atoms with E-state index in [1.165, 1.54) is 19.2 Å². The zero-order valence-corrected chi connectivity index (χ0v) is 15.2. The summed E-state index contributed by atoms with van der Waals surface area (Å²) >= 11 is 3.36. The first kappa shape index (κ1) is 16.8. The van der Waals surface area contributed by atoms with E-state index in [1.807, 2.05) is 0 Å². The van der Waals surface area contributed by atoms with Crippen LogP contribution in [0.2, 0.25) is 0 Å². The Hall–Kier alpha value is -2.06. The lowest BCUT2D eigenvalue weighted by Gasteiger charge is -2.25. The molecular weight excluding hydrogens is 396 g/mol. The number of nitrogens with two attached hydrogens (primary N) is 1. The summed E-state index contributed by atoms with van der Waals surface area (Å²) in [6.45, 7) is 0. The van der Waals surface area contributed by atoms with Crippen molar-refractivity contribution in [1.82, 2.24) is 0 Å². The highest BCUT2D eigenvalue weighted by Gasteiger charge is 2.41. The van der Waals surface area contributed by atoms with Crippen LogP contribution >= 0.6 is 15.9 Å². The molecule has 0 bridgehead atoms. The zero-order valence-electron chi connectivity index (χ0n) is 12.8. The summed E-state index contributed by atoms with van der Waals surface area (Å²) in [5.74, 6) is -0.134. The van der Waals surface area contributed by atoms with Gasteiger partial charge in [0.25, 0.3) is 10.0 Å². The van der Waals surface area contributed by atoms with Gasteiger partial charge in [0.1, 0.15) is 11.8 Å². The molecule has 2 aromatic rings. The molecule has 1 atom stereocenters. The molecule has 1 unspecified atom stereocenters. The second-order valence-electron chi connectivity index (χ2n) is 5.37. The standard InChI is InChI=1S/C16H15BrN2O4S/c1-23-12-3-5-13(6-4-12)24(21,22)19-14-7-2-11(17)8-10(14)9-15(19)16(18)20/h2-8,15H,9H2,1H3,(H2,18,20). The number of hydrogen-bond acceptors (Lipinski definition) is 4. The molecule has 2 aromatic carbocycles. The van der Waals surface area contributed by atoms with Crippen molar-refractivity contribution in [2.75, 3.05) is 11.4 Å². The number of ether oxygens (including phenoxy) is 1. The number of sulfonamides is 1. The SMILES string of the molecule is COc1ccc(S(=O)(=O)N2c3ccc(Br)cc3CC2C(N)=O)cc1. The molecule has 0 aliphatic carbocycles. The van der Waals surface area contributed by atoms with E-state index in [0.29, 0.717) is 11.4 Å². The third-order valence-corrected chi connectivity index (χ3v) is 6.25. The lowest BCUT2D eigenvalue weighted by Crippen LogP contribution is -2.45. The van der Waals surface area contributed by atoms with Gasteiger partial charge < -0.3 is 10.5 Å². The monoisotopic (exact) mass is 410 g/mol. The van der Waals surface area contributed by atoms with Crippen LogP contribution in [0.5, 0.6) is 5.75 Å². The average molecular weight is 411 g/mol. The summed E-state index contributed by atoms with van der Waals surface area (Å²) < 4.78 is 33.1. The van der Waals surface area contributed by atoms with Crippen molar-refractivity contribution in [3.63, 3.8) is 0 Å². The summed E-state index contributed by atoms with van der Waals surface area (Å²) in [6, 6.07) is 10.3. The molecule has 1 amide bonds. The predicted octanol–water partition coefficient (Wildman–Crippen LogP) is 2.06. The van der Waals surface area contributed by atoms with E-state index in [2.05, 4.69) is 15.9 Å². The number of nitrogens with zero attached hydrogens (tertiary/aromatic N) is 1. The van der Waals surface area contributed by atoms with E-state index in [9.17, 15) is 13.2 Å². The lowest BCUT2D eigenvalue weighted by atomic mass is 10.1. The molecule has 24 heavy (non-hydrogen) atoms. The van der Waals surface area contributed by atoms with Gasteiger partial charge >= 0.3 is 0 Å². The fourth-order valence-electron chi connectivity index (χ4n) is 2.77. The van der Waals surface area contributed by atoms with Gasteiger partial charge in [-0.05, 0) is 48.0 Å². The van der Waals surface area contributed by atoms with Gasteiger partial charge in [0, 0.05) is 10.9 Å². The normalized spacial score (nSPS) is 16.8. The molecule has 126 valence electrons. The topological polar surface area (TPSA) is 89.7 Å². The second-order valence-corrected chi connectivity index (χ2v) is 8.10. The number of carbonyl (C=O) groups excluding carboxylic acids is 1. The molecule has 3 rings (SSSR count). The molecule has 1 aliphatic heterocycles. The maximum absolute atomic E-state index is 13.1. The molecule has 0 spiro atoms. The number of halogens is 1. The van der Waals surface area contributed by atoms with Crippen LogP contribution in [0.3, 0.4) is 0 Å². The molecular formula is C16H15BrN2O4S. The number of fused-ring (bicyclic) bond motifs is 1. The Balaban J connectivity index is 2.11. The van der Waals surface area contributed by atoms with E-state index >= 15 is 0 Å². The van der Waals surface area contributed by atoms with Crippen molar-refractivity contribution < 1.29 is 17.9 Å². The van der Waals surface area contributed by atoms with Crippen LogP contribution in [0.25, 0.3) is 0 Å². The van der Waals surface area contributed by atoms with Gasteiger partial charge in [0.15, 0.2) is 0 Å². The molecule has 2 N–H and O–H groups in total. The first-order valence-electron chi connectivity index (χ1n) is 7.11. The van der Waals surface area contributed by atoms with Crippen LogP contribution in [0, 0.1) is 0 Å². The van der Waals surface area contributed by atoms with E-state index in [0.717, 1.165) is 14.3 Å². The van der Waals surface area contributed by atoms with Gasteiger partial charge in [-0.3, -0.25) is 9.10 Å². The Morgan fingerprint density at radius 3 is 2.50 bits per heavy atom. The summed E-state index contributed by atoms with van der Waals surface area (Å²) in [6.07, 6.45) is 0.249. The highest BCUT2D eigenvalue weighted by atomic mass is 79.9. The van der Waals surface area contributed by atoms with Crippen molar-refractivity contribution in [3.8, 4) is 5.75 Å². The summed E-state index contributed by atoms with van der Waals surface area (Å²) in [5.41, 5.74) is 6.67. The number of rotatable bonds is 4. The number of carbonyl (C=O) groups is 1. The van der Waals surface area contributed by atoms with Crippen LogP contribution in [0.15, 0.2) is 51.8 Å². The highest BCUT2D eigenvalue weighted by molar-refractivity contribution is 9.10. The highest BCUT2D eigenvalue weighted by Crippen LogP contribution is 2.38.